The first kappa shape index (κ1) is 37.2. The molecule has 132 valence electrons. The van der Waals surface area contributed by atoms with Crippen molar-refractivity contribution in [3.05, 3.63) is 0 Å². The number of carboxylic acid groups (broad SMARTS) is 2. The maximum atomic E-state index is 8.56. The summed E-state index contributed by atoms with van der Waals surface area (Å²) in [6.45, 7) is 13.8. The average Bonchev–Trinajstić information content (AvgIpc) is 1.94. The van der Waals surface area contributed by atoms with E-state index in [1.807, 2.05) is 0 Å². The Balaban J connectivity index is -0.0000000331. The number of aliphatic hydroxyl groups excluding tert-OH is 4. The maximum Gasteiger partial charge on any atom is 0.503 e. The van der Waals surface area contributed by atoms with Gasteiger partial charge in [-0.15, -0.1) is 0 Å². The Labute approximate surface area is 143 Å². The molecular weight excluding hydrogens is 316 g/mol. The number of carbonyl (C=O) groups is 1. The number of hydrogen-bond acceptors (Lipinski definition) is 5. The zero-order valence-corrected chi connectivity index (χ0v) is 16.0. The molecule has 7 nitrogen and oxygen atoms in total. The fourth-order valence-electron chi connectivity index (χ4n) is 0. The molecule has 0 fully saturated rings. The molecule has 0 aliphatic rings. The third kappa shape index (κ3) is 204000. The van der Waals surface area contributed by atoms with E-state index in [4.69, 9.17) is 35.4 Å². The first-order valence-corrected chi connectivity index (χ1v) is 6.30. The van der Waals surface area contributed by atoms with Gasteiger partial charge in [0.2, 0.25) is 0 Å². The van der Waals surface area contributed by atoms with Crippen molar-refractivity contribution in [2.24, 2.45) is 0 Å². The summed E-state index contributed by atoms with van der Waals surface area (Å²) in [5.41, 5.74) is 0. The monoisotopic (exact) mass is 350 g/mol. The Bertz CT molecular complexity index is 124. The van der Waals surface area contributed by atoms with Gasteiger partial charge in [-0.05, 0) is 55.4 Å². The zero-order chi connectivity index (χ0) is 17.9. The van der Waals surface area contributed by atoms with Gasteiger partial charge in [0.15, 0.2) is 0 Å². The Hall–Kier alpha value is -0.176. The van der Waals surface area contributed by atoms with Gasteiger partial charge in [-0.25, -0.2) is 4.79 Å². The Morgan fingerprint density at radius 3 is 0.571 bits per heavy atom. The predicted molar refractivity (Wildman–Crippen MR) is 80.1 cm³/mol. The fraction of sp³-hybridized carbons (Fsp3) is 0.923. The average molecular weight is 350 g/mol. The van der Waals surface area contributed by atoms with Crippen molar-refractivity contribution >= 4 is 6.16 Å². The summed E-state index contributed by atoms with van der Waals surface area (Å²) in [7, 11) is 0. The van der Waals surface area contributed by atoms with Crippen LogP contribution in [-0.2, 0) is 21.7 Å². The van der Waals surface area contributed by atoms with Crippen LogP contribution in [0, 0.1) is 0 Å². The molecule has 0 unspecified atom stereocenters. The summed E-state index contributed by atoms with van der Waals surface area (Å²) in [4.78, 5) is 8.56. The van der Waals surface area contributed by atoms with Crippen LogP contribution in [0.2, 0.25) is 0 Å². The second-order valence-corrected chi connectivity index (χ2v) is 4.66. The van der Waals surface area contributed by atoms with E-state index >= 15 is 0 Å². The summed E-state index contributed by atoms with van der Waals surface area (Å²) < 4.78 is 0. The third-order valence-corrected chi connectivity index (χ3v) is 0. The van der Waals surface area contributed by atoms with Crippen LogP contribution in [0.25, 0.3) is 0 Å². The summed E-state index contributed by atoms with van der Waals surface area (Å²) in [5, 5.41) is 46.2. The van der Waals surface area contributed by atoms with Gasteiger partial charge in [0, 0.05) is 46.1 Å². The second kappa shape index (κ2) is 32.0. The third-order valence-electron chi connectivity index (χ3n) is 0. The molecule has 0 radical (unpaired) electrons. The predicted octanol–water partition coefficient (Wildman–Crippen LogP) is 1.77. The molecule has 0 aromatic heterocycles. The molecule has 0 saturated carbocycles. The van der Waals surface area contributed by atoms with Crippen LogP contribution in [-0.4, -0.2) is 61.2 Å². The van der Waals surface area contributed by atoms with Crippen molar-refractivity contribution in [1.29, 1.82) is 0 Å². The summed E-state index contributed by atoms with van der Waals surface area (Å²) in [6, 6.07) is 0. The van der Waals surface area contributed by atoms with Crippen molar-refractivity contribution < 1.29 is 57.2 Å². The minimum absolute atomic E-state index is 0. The molecule has 0 aromatic rings. The molecule has 6 N–H and O–H groups in total. The van der Waals surface area contributed by atoms with Gasteiger partial charge in [-0.2, -0.15) is 0 Å². The zero-order valence-electron chi connectivity index (χ0n) is 14.4. The molecule has 0 aliphatic carbocycles. The standard InChI is InChI=1S/4C3H8O.CH2O3.Ti/c4*1-3(2)4;2-1(3)4;/h4*3-4H,1-2H3;(H2,2,3,4);. The fourth-order valence-corrected chi connectivity index (χ4v) is 0. The van der Waals surface area contributed by atoms with Crippen molar-refractivity contribution in [3.8, 4) is 0 Å². The smallest absolute Gasteiger partial charge is 0.450 e. The van der Waals surface area contributed by atoms with Gasteiger partial charge in [0.1, 0.15) is 0 Å². The van der Waals surface area contributed by atoms with E-state index in [1.54, 1.807) is 55.4 Å². The topological polar surface area (TPSA) is 138 Å². The Kier molecular flexibility index (Phi) is 56.7. The molecular formula is C13H34O7Ti. The molecule has 0 amide bonds. The SMILES string of the molecule is CC(C)O.CC(C)O.CC(C)O.CC(C)O.O=C(O)O.[Ti]. The largest absolute Gasteiger partial charge is 0.503 e. The summed E-state index contributed by atoms with van der Waals surface area (Å²) in [5.74, 6) is 0. The van der Waals surface area contributed by atoms with E-state index < -0.39 is 6.16 Å². The van der Waals surface area contributed by atoms with Crippen LogP contribution in [0.15, 0.2) is 0 Å². The van der Waals surface area contributed by atoms with E-state index in [1.165, 1.54) is 0 Å². The van der Waals surface area contributed by atoms with Crippen molar-refractivity contribution in [2.75, 3.05) is 0 Å². The van der Waals surface area contributed by atoms with Crippen LogP contribution in [0.4, 0.5) is 4.79 Å². The van der Waals surface area contributed by atoms with Crippen LogP contribution in [0.1, 0.15) is 55.4 Å². The molecule has 0 atom stereocenters. The first-order chi connectivity index (χ1) is 8.66. The van der Waals surface area contributed by atoms with E-state index in [0.717, 1.165) is 0 Å². The molecule has 0 aromatic carbocycles. The molecule has 0 heterocycles. The molecule has 21 heavy (non-hydrogen) atoms. The van der Waals surface area contributed by atoms with E-state index in [-0.39, 0.29) is 46.1 Å². The van der Waals surface area contributed by atoms with Crippen molar-refractivity contribution in [1.82, 2.24) is 0 Å². The summed E-state index contributed by atoms with van der Waals surface area (Å²) in [6.07, 6.45) is -2.50. The Morgan fingerprint density at radius 2 is 0.571 bits per heavy atom. The van der Waals surface area contributed by atoms with Gasteiger partial charge < -0.3 is 30.6 Å². The van der Waals surface area contributed by atoms with Gasteiger partial charge >= 0.3 is 6.16 Å². The molecule has 8 heteroatoms. The number of rotatable bonds is 0. The first-order valence-electron chi connectivity index (χ1n) is 6.30. The maximum absolute atomic E-state index is 8.56. The molecule has 0 aliphatic heterocycles. The minimum atomic E-state index is -1.83. The summed E-state index contributed by atoms with van der Waals surface area (Å²) >= 11 is 0. The number of hydrogen-bond donors (Lipinski definition) is 6. The van der Waals surface area contributed by atoms with E-state index in [9.17, 15) is 0 Å². The Morgan fingerprint density at radius 1 is 0.571 bits per heavy atom. The minimum Gasteiger partial charge on any atom is -0.450 e. The van der Waals surface area contributed by atoms with Gasteiger partial charge in [-0.3, -0.25) is 0 Å². The van der Waals surface area contributed by atoms with Crippen LogP contribution >= 0.6 is 0 Å². The normalized spacial score (nSPS) is 8.00. The number of aliphatic hydroxyl groups is 4. The molecule has 0 saturated heterocycles. The quantitative estimate of drug-likeness (QED) is 0.366. The molecule has 0 rings (SSSR count). The molecule has 0 spiro atoms. The van der Waals surface area contributed by atoms with E-state index in [2.05, 4.69) is 0 Å². The van der Waals surface area contributed by atoms with Crippen LogP contribution in [0.3, 0.4) is 0 Å². The van der Waals surface area contributed by atoms with Crippen molar-refractivity contribution in [2.45, 2.75) is 79.8 Å². The van der Waals surface area contributed by atoms with Gasteiger partial charge in [-0.1, -0.05) is 0 Å². The van der Waals surface area contributed by atoms with Crippen LogP contribution in [0.5, 0.6) is 0 Å². The second-order valence-electron chi connectivity index (χ2n) is 4.66. The molecule has 0 bridgehead atoms. The van der Waals surface area contributed by atoms with Crippen LogP contribution < -0.4 is 0 Å². The van der Waals surface area contributed by atoms with Gasteiger partial charge in [0.05, 0.1) is 0 Å². The van der Waals surface area contributed by atoms with Crippen molar-refractivity contribution in [3.63, 3.8) is 0 Å². The van der Waals surface area contributed by atoms with E-state index in [0.29, 0.717) is 0 Å². The van der Waals surface area contributed by atoms with Gasteiger partial charge in [0.25, 0.3) is 0 Å².